The molecule has 0 aliphatic heterocycles. The van der Waals surface area contributed by atoms with E-state index in [9.17, 15) is 4.79 Å². The van der Waals surface area contributed by atoms with E-state index in [2.05, 4.69) is 20.8 Å². The van der Waals surface area contributed by atoms with E-state index in [1.54, 1.807) is 16.8 Å². The molecule has 0 bridgehead atoms. The molecule has 0 saturated carbocycles. The van der Waals surface area contributed by atoms with Gasteiger partial charge in [-0.1, -0.05) is 17.8 Å². The Morgan fingerprint density at radius 3 is 2.33 bits per heavy atom. The van der Waals surface area contributed by atoms with E-state index in [0.717, 1.165) is 11.3 Å². The fourth-order valence-electron chi connectivity index (χ4n) is 2.77. The monoisotopic (exact) mass is 429 g/mol. The van der Waals surface area contributed by atoms with Gasteiger partial charge in [-0.25, -0.2) is 0 Å². The lowest BCUT2D eigenvalue weighted by Crippen LogP contribution is -2.15. The number of nitrogens with zero attached hydrogens (tertiary/aromatic N) is 4. The Bertz CT molecular complexity index is 1030. The van der Waals surface area contributed by atoms with Crippen LogP contribution in [0.2, 0.25) is 0 Å². The molecule has 158 valence electrons. The lowest BCUT2D eigenvalue weighted by Gasteiger charge is -2.14. The summed E-state index contributed by atoms with van der Waals surface area (Å²) >= 11 is 1.24. The molecule has 0 spiro atoms. The Morgan fingerprint density at radius 2 is 1.73 bits per heavy atom. The molecule has 1 aromatic heterocycles. The molecule has 0 atom stereocenters. The summed E-state index contributed by atoms with van der Waals surface area (Å²) in [5, 5.41) is 15.2. The molecule has 0 saturated heterocycles. The maximum absolute atomic E-state index is 12.5. The first kappa shape index (κ1) is 21.4. The second-order valence-corrected chi connectivity index (χ2v) is 7.34. The highest BCUT2D eigenvalue weighted by atomic mass is 32.2. The zero-order valence-electron chi connectivity index (χ0n) is 17.4. The number of rotatable bonds is 8. The van der Waals surface area contributed by atoms with Gasteiger partial charge in [-0.3, -0.25) is 4.79 Å². The number of benzene rings is 2. The predicted molar refractivity (Wildman–Crippen MR) is 114 cm³/mol. The van der Waals surface area contributed by atoms with Crippen molar-refractivity contribution in [2.24, 2.45) is 0 Å². The van der Waals surface area contributed by atoms with Crippen LogP contribution in [-0.4, -0.2) is 53.2 Å². The average Bonchev–Trinajstić information content (AvgIpc) is 3.22. The molecule has 9 nitrogen and oxygen atoms in total. The Hall–Kier alpha value is -3.27. The number of ether oxygens (including phenoxy) is 3. The molecule has 0 unspecified atom stereocenters. The number of methoxy groups -OCH3 is 3. The number of hydrogen-bond donors (Lipinski definition) is 1. The molecule has 1 amide bonds. The highest BCUT2D eigenvalue weighted by Crippen LogP contribution is 2.40. The number of tetrazole rings is 1. The topological polar surface area (TPSA) is 100 Å². The van der Waals surface area contributed by atoms with E-state index in [1.165, 1.54) is 38.7 Å². The van der Waals surface area contributed by atoms with Crippen molar-refractivity contribution in [3.63, 3.8) is 0 Å². The highest BCUT2D eigenvalue weighted by molar-refractivity contribution is 7.99. The lowest BCUT2D eigenvalue weighted by atomic mass is 10.1. The normalized spacial score (nSPS) is 10.6. The third-order valence-corrected chi connectivity index (χ3v) is 5.38. The molecule has 1 N–H and O–H groups in total. The standard InChI is InChI=1S/C20H23N5O4S/c1-12-6-7-15(8-13(12)2)25-20(22-23-24-25)30-11-18(26)21-14-9-16(27-3)19(29-5)17(10-14)28-4/h6-10H,11H2,1-5H3,(H,21,26). The van der Waals surface area contributed by atoms with Gasteiger partial charge in [0.05, 0.1) is 32.8 Å². The Kier molecular flexibility index (Phi) is 6.78. The molecule has 0 aliphatic carbocycles. The summed E-state index contributed by atoms with van der Waals surface area (Å²) in [7, 11) is 4.56. The SMILES string of the molecule is COc1cc(NC(=O)CSc2nnnn2-c2ccc(C)c(C)c2)cc(OC)c1OC. The number of nitrogens with one attached hydrogen (secondary N) is 1. The van der Waals surface area contributed by atoms with Crippen molar-refractivity contribution in [3.8, 4) is 22.9 Å². The van der Waals surface area contributed by atoms with Crippen LogP contribution in [0, 0.1) is 13.8 Å². The van der Waals surface area contributed by atoms with Gasteiger partial charge in [0.25, 0.3) is 0 Å². The second-order valence-electron chi connectivity index (χ2n) is 6.39. The van der Waals surface area contributed by atoms with Crippen LogP contribution >= 0.6 is 11.8 Å². The quantitative estimate of drug-likeness (QED) is 0.546. The van der Waals surface area contributed by atoms with Gasteiger partial charge in [0.1, 0.15) is 0 Å². The number of anilines is 1. The second kappa shape index (κ2) is 9.49. The molecule has 10 heteroatoms. The molecule has 3 rings (SSSR count). The van der Waals surface area contributed by atoms with Gasteiger partial charge in [0.15, 0.2) is 11.5 Å². The van der Waals surface area contributed by atoms with E-state index < -0.39 is 0 Å². The van der Waals surface area contributed by atoms with E-state index >= 15 is 0 Å². The molecular weight excluding hydrogens is 406 g/mol. The van der Waals surface area contributed by atoms with Crippen molar-refractivity contribution in [2.45, 2.75) is 19.0 Å². The third kappa shape index (κ3) is 4.65. The maximum atomic E-state index is 12.5. The zero-order chi connectivity index (χ0) is 21.7. The fourth-order valence-corrected chi connectivity index (χ4v) is 3.46. The minimum atomic E-state index is -0.219. The number of carbonyl (C=O) groups excluding carboxylic acids is 1. The number of carbonyl (C=O) groups is 1. The molecule has 0 radical (unpaired) electrons. The average molecular weight is 430 g/mol. The van der Waals surface area contributed by atoms with Gasteiger partial charge in [0.2, 0.25) is 16.8 Å². The van der Waals surface area contributed by atoms with Crippen molar-refractivity contribution < 1.29 is 19.0 Å². The largest absolute Gasteiger partial charge is 0.493 e. The number of thioether (sulfide) groups is 1. The molecule has 0 fully saturated rings. The summed E-state index contributed by atoms with van der Waals surface area (Å²) in [5.41, 5.74) is 3.70. The molecular formula is C20H23N5O4S. The van der Waals surface area contributed by atoms with E-state index in [1.807, 2.05) is 32.0 Å². The van der Waals surface area contributed by atoms with Crippen molar-refractivity contribution >= 4 is 23.4 Å². The van der Waals surface area contributed by atoms with Crippen LogP contribution in [0.25, 0.3) is 5.69 Å². The number of aryl methyl sites for hydroxylation is 2. The van der Waals surface area contributed by atoms with E-state index in [-0.39, 0.29) is 11.7 Å². The third-order valence-electron chi connectivity index (χ3n) is 4.46. The number of amides is 1. The summed E-state index contributed by atoms with van der Waals surface area (Å²) in [6.45, 7) is 4.07. The molecule has 0 aliphatic rings. The van der Waals surface area contributed by atoms with Gasteiger partial charge in [-0.15, -0.1) is 5.10 Å². The van der Waals surface area contributed by atoms with Crippen molar-refractivity contribution in [3.05, 3.63) is 41.5 Å². The Morgan fingerprint density at radius 1 is 1.03 bits per heavy atom. The Balaban J connectivity index is 1.70. The van der Waals surface area contributed by atoms with Crippen LogP contribution in [0.3, 0.4) is 0 Å². The van der Waals surface area contributed by atoms with Crippen LogP contribution in [0.1, 0.15) is 11.1 Å². The summed E-state index contributed by atoms with van der Waals surface area (Å²) in [5.74, 6) is 1.28. The minimum absolute atomic E-state index is 0.127. The summed E-state index contributed by atoms with van der Waals surface area (Å²) < 4.78 is 17.5. The van der Waals surface area contributed by atoms with Crippen LogP contribution in [0.5, 0.6) is 17.2 Å². The Labute approximate surface area is 178 Å². The molecule has 3 aromatic rings. The highest BCUT2D eigenvalue weighted by Gasteiger charge is 2.16. The van der Waals surface area contributed by atoms with Gasteiger partial charge in [-0.2, -0.15) is 4.68 Å². The first-order valence-electron chi connectivity index (χ1n) is 9.05. The smallest absolute Gasteiger partial charge is 0.234 e. The van der Waals surface area contributed by atoms with Gasteiger partial charge in [-0.05, 0) is 47.5 Å². The van der Waals surface area contributed by atoms with E-state index in [4.69, 9.17) is 14.2 Å². The molecule has 2 aromatic carbocycles. The molecule has 1 heterocycles. The number of aromatic nitrogens is 4. The molecule has 30 heavy (non-hydrogen) atoms. The van der Waals surface area contributed by atoms with Gasteiger partial charge in [0, 0.05) is 17.8 Å². The summed E-state index contributed by atoms with van der Waals surface area (Å²) in [6, 6.07) is 9.30. The van der Waals surface area contributed by atoms with Crippen molar-refractivity contribution in [1.82, 2.24) is 20.2 Å². The van der Waals surface area contributed by atoms with Gasteiger partial charge < -0.3 is 19.5 Å². The summed E-state index contributed by atoms with van der Waals surface area (Å²) in [6.07, 6.45) is 0. The van der Waals surface area contributed by atoms with Crippen molar-refractivity contribution in [1.29, 1.82) is 0 Å². The maximum Gasteiger partial charge on any atom is 0.234 e. The van der Waals surface area contributed by atoms with Crippen LogP contribution in [0.15, 0.2) is 35.5 Å². The lowest BCUT2D eigenvalue weighted by molar-refractivity contribution is -0.113. The number of hydrogen-bond acceptors (Lipinski definition) is 8. The first-order valence-corrected chi connectivity index (χ1v) is 10.0. The summed E-state index contributed by atoms with van der Waals surface area (Å²) in [4.78, 5) is 12.5. The van der Waals surface area contributed by atoms with Crippen LogP contribution in [-0.2, 0) is 4.79 Å². The van der Waals surface area contributed by atoms with E-state index in [0.29, 0.717) is 28.1 Å². The van der Waals surface area contributed by atoms with Crippen LogP contribution in [0.4, 0.5) is 5.69 Å². The minimum Gasteiger partial charge on any atom is -0.493 e. The first-order chi connectivity index (χ1) is 14.5. The van der Waals surface area contributed by atoms with Crippen molar-refractivity contribution in [2.75, 3.05) is 32.4 Å². The zero-order valence-corrected chi connectivity index (χ0v) is 18.2. The van der Waals surface area contributed by atoms with Crippen LogP contribution < -0.4 is 19.5 Å². The predicted octanol–water partition coefficient (Wildman–Crippen LogP) is 3.04. The fraction of sp³-hybridized carbons (Fsp3) is 0.300. The van der Waals surface area contributed by atoms with Gasteiger partial charge >= 0.3 is 0 Å².